The van der Waals surface area contributed by atoms with Gasteiger partial charge in [-0.25, -0.2) is 14.6 Å². The molecule has 1 unspecified atom stereocenters. The first-order valence-electron chi connectivity index (χ1n) is 7.92. The Morgan fingerprint density at radius 2 is 2.21 bits per heavy atom. The van der Waals surface area contributed by atoms with E-state index in [4.69, 9.17) is 0 Å². The summed E-state index contributed by atoms with van der Waals surface area (Å²) in [6, 6.07) is 6.51. The second kappa shape index (κ2) is 5.76. The van der Waals surface area contributed by atoms with Crippen LogP contribution in [0, 0.1) is 5.82 Å². The standard InChI is InChI=1S/C17H17FN4O2/c18-10-4-5-15-13(8-10)16(21-22(15)11-2-1-3-11)20-14-9-19-7-6-12(14)17(23)24/h4-9,11,16,20-21H,1-3H2,(H,23,24). The number of nitrogens with zero attached hydrogens (tertiary/aromatic N) is 2. The number of halogens is 1. The van der Waals surface area contributed by atoms with Gasteiger partial charge in [-0.2, -0.15) is 0 Å². The van der Waals surface area contributed by atoms with E-state index < -0.39 is 12.1 Å². The molecule has 3 N–H and O–H groups in total. The van der Waals surface area contributed by atoms with Gasteiger partial charge in [0, 0.05) is 17.8 Å². The molecule has 1 atom stereocenters. The highest BCUT2D eigenvalue weighted by molar-refractivity contribution is 5.94. The Balaban J connectivity index is 1.67. The van der Waals surface area contributed by atoms with Crippen molar-refractivity contribution >= 4 is 17.3 Å². The molecule has 0 radical (unpaired) electrons. The first-order valence-corrected chi connectivity index (χ1v) is 7.92. The van der Waals surface area contributed by atoms with E-state index in [0.717, 1.165) is 24.1 Å². The summed E-state index contributed by atoms with van der Waals surface area (Å²) < 4.78 is 13.7. The van der Waals surface area contributed by atoms with E-state index in [0.29, 0.717) is 11.7 Å². The van der Waals surface area contributed by atoms with Gasteiger partial charge in [-0.15, -0.1) is 0 Å². The lowest BCUT2D eigenvalue weighted by Gasteiger charge is -2.36. The number of pyridine rings is 1. The van der Waals surface area contributed by atoms with Crippen LogP contribution in [0.3, 0.4) is 0 Å². The third kappa shape index (κ3) is 2.46. The highest BCUT2D eigenvalue weighted by atomic mass is 19.1. The van der Waals surface area contributed by atoms with Crippen LogP contribution in [0.25, 0.3) is 0 Å². The maximum Gasteiger partial charge on any atom is 0.337 e. The van der Waals surface area contributed by atoms with E-state index in [9.17, 15) is 14.3 Å². The Bertz CT molecular complexity index is 794. The number of hydrogen-bond donors (Lipinski definition) is 3. The van der Waals surface area contributed by atoms with Crippen LogP contribution in [-0.4, -0.2) is 22.1 Å². The number of anilines is 2. The molecule has 24 heavy (non-hydrogen) atoms. The number of benzene rings is 1. The van der Waals surface area contributed by atoms with Gasteiger partial charge >= 0.3 is 5.97 Å². The van der Waals surface area contributed by atoms with E-state index in [-0.39, 0.29) is 11.4 Å². The molecule has 1 aliphatic carbocycles. The van der Waals surface area contributed by atoms with Gasteiger partial charge in [0.05, 0.1) is 23.1 Å². The SMILES string of the molecule is O=C(O)c1ccncc1NC1NN(C2CCC2)c2ccc(F)cc21. The summed E-state index contributed by atoms with van der Waals surface area (Å²) in [6.07, 6.45) is 5.86. The van der Waals surface area contributed by atoms with E-state index in [1.807, 2.05) is 0 Å². The highest BCUT2D eigenvalue weighted by Crippen LogP contribution is 2.39. The van der Waals surface area contributed by atoms with Gasteiger partial charge in [0.15, 0.2) is 0 Å². The second-order valence-corrected chi connectivity index (χ2v) is 6.09. The van der Waals surface area contributed by atoms with Crippen molar-refractivity contribution in [1.82, 2.24) is 10.4 Å². The Hall–Kier alpha value is -2.67. The van der Waals surface area contributed by atoms with Crippen LogP contribution in [0.4, 0.5) is 15.8 Å². The molecular formula is C17H17FN4O2. The molecule has 0 spiro atoms. The number of aromatic nitrogens is 1. The van der Waals surface area contributed by atoms with E-state index in [1.54, 1.807) is 6.07 Å². The van der Waals surface area contributed by atoms with Crippen molar-refractivity contribution in [3.8, 4) is 0 Å². The summed E-state index contributed by atoms with van der Waals surface area (Å²) >= 11 is 0. The normalized spacial score (nSPS) is 19.7. The fourth-order valence-corrected chi connectivity index (χ4v) is 3.16. The average Bonchev–Trinajstić information content (AvgIpc) is 2.84. The minimum absolute atomic E-state index is 0.131. The molecule has 1 aliphatic heterocycles. The van der Waals surface area contributed by atoms with Gasteiger partial charge in [-0.05, 0) is 43.5 Å². The summed E-state index contributed by atoms with van der Waals surface area (Å²) in [6.45, 7) is 0. The topological polar surface area (TPSA) is 77.5 Å². The van der Waals surface area contributed by atoms with Crippen LogP contribution in [0.2, 0.25) is 0 Å². The lowest BCUT2D eigenvalue weighted by atomic mass is 9.92. The summed E-state index contributed by atoms with van der Waals surface area (Å²) in [4.78, 5) is 15.3. The van der Waals surface area contributed by atoms with Crippen molar-refractivity contribution in [2.24, 2.45) is 0 Å². The predicted octanol–water partition coefficient (Wildman–Crippen LogP) is 2.91. The number of carboxylic acids is 1. The van der Waals surface area contributed by atoms with Crippen LogP contribution in [0.5, 0.6) is 0 Å². The predicted molar refractivity (Wildman–Crippen MR) is 87.2 cm³/mol. The molecule has 1 saturated carbocycles. The Kier molecular flexibility index (Phi) is 3.57. The molecule has 4 rings (SSSR count). The minimum Gasteiger partial charge on any atom is -0.478 e. The Labute approximate surface area is 138 Å². The average molecular weight is 328 g/mol. The third-order valence-corrected chi connectivity index (χ3v) is 4.62. The number of carboxylic acid groups (broad SMARTS) is 1. The third-order valence-electron chi connectivity index (χ3n) is 4.62. The van der Waals surface area contributed by atoms with Crippen molar-refractivity contribution in [1.29, 1.82) is 0 Å². The number of hydrazine groups is 1. The molecular weight excluding hydrogens is 311 g/mol. The molecule has 0 amide bonds. The molecule has 2 aliphatic rings. The van der Waals surface area contributed by atoms with Gasteiger partial charge in [-0.1, -0.05) is 0 Å². The van der Waals surface area contributed by atoms with Gasteiger partial charge in [0.2, 0.25) is 0 Å². The first-order chi connectivity index (χ1) is 11.6. The van der Waals surface area contributed by atoms with E-state index in [1.165, 1.54) is 37.0 Å². The number of aromatic carboxylic acids is 1. The van der Waals surface area contributed by atoms with Crippen molar-refractivity contribution in [3.63, 3.8) is 0 Å². The van der Waals surface area contributed by atoms with Crippen LogP contribution in [0.1, 0.15) is 41.3 Å². The molecule has 2 aromatic rings. The molecule has 7 heteroatoms. The maximum atomic E-state index is 13.7. The molecule has 2 heterocycles. The molecule has 1 aromatic carbocycles. The molecule has 124 valence electrons. The number of hydrogen-bond acceptors (Lipinski definition) is 5. The molecule has 6 nitrogen and oxygen atoms in total. The Morgan fingerprint density at radius 3 is 2.92 bits per heavy atom. The quantitative estimate of drug-likeness (QED) is 0.801. The molecule has 0 bridgehead atoms. The number of rotatable bonds is 4. The molecule has 0 saturated heterocycles. The van der Waals surface area contributed by atoms with E-state index in [2.05, 4.69) is 20.7 Å². The Morgan fingerprint density at radius 1 is 1.38 bits per heavy atom. The fourth-order valence-electron chi connectivity index (χ4n) is 3.16. The van der Waals surface area contributed by atoms with Crippen LogP contribution >= 0.6 is 0 Å². The minimum atomic E-state index is -1.03. The van der Waals surface area contributed by atoms with Crippen molar-refractivity contribution in [3.05, 3.63) is 53.6 Å². The van der Waals surface area contributed by atoms with Gasteiger partial charge < -0.3 is 15.4 Å². The zero-order valence-electron chi connectivity index (χ0n) is 12.9. The maximum absolute atomic E-state index is 13.7. The lowest BCUT2D eigenvalue weighted by molar-refractivity contribution is 0.0697. The molecule has 1 fully saturated rings. The van der Waals surface area contributed by atoms with Crippen molar-refractivity contribution < 1.29 is 14.3 Å². The highest BCUT2D eigenvalue weighted by Gasteiger charge is 2.35. The summed E-state index contributed by atoms with van der Waals surface area (Å²) in [7, 11) is 0. The van der Waals surface area contributed by atoms with Crippen LogP contribution in [0.15, 0.2) is 36.7 Å². The zero-order valence-corrected chi connectivity index (χ0v) is 12.9. The smallest absolute Gasteiger partial charge is 0.337 e. The summed E-state index contributed by atoms with van der Waals surface area (Å²) in [5.41, 5.74) is 5.56. The number of fused-ring (bicyclic) bond motifs is 1. The summed E-state index contributed by atoms with van der Waals surface area (Å²) in [5.74, 6) is -1.35. The zero-order chi connectivity index (χ0) is 16.7. The van der Waals surface area contributed by atoms with Crippen LogP contribution < -0.4 is 15.8 Å². The van der Waals surface area contributed by atoms with Crippen molar-refractivity contribution in [2.45, 2.75) is 31.5 Å². The summed E-state index contributed by atoms with van der Waals surface area (Å²) in [5, 5.41) is 14.5. The second-order valence-electron chi connectivity index (χ2n) is 6.09. The van der Waals surface area contributed by atoms with Gasteiger partial charge in [-0.3, -0.25) is 4.98 Å². The lowest BCUT2D eigenvalue weighted by Crippen LogP contribution is -2.47. The number of nitrogens with one attached hydrogen (secondary N) is 2. The first kappa shape index (κ1) is 14.9. The van der Waals surface area contributed by atoms with Gasteiger partial charge in [0.1, 0.15) is 12.0 Å². The number of carbonyl (C=O) groups is 1. The van der Waals surface area contributed by atoms with E-state index >= 15 is 0 Å². The van der Waals surface area contributed by atoms with Crippen LogP contribution in [-0.2, 0) is 0 Å². The fraction of sp³-hybridized carbons (Fsp3) is 0.294. The van der Waals surface area contributed by atoms with Gasteiger partial charge in [0.25, 0.3) is 0 Å². The van der Waals surface area contributed by atoms with Crippen molar-refractivity contribution in [2.75, 3.05) is 10.3 Å². The largest absolute Gasteiger partial charge is 0.478 e. The molecule has 1 aromatic heterocycles. The monoisotopic (exact) mass is 328 g/mol.